The molecule has 4 aromatic rings. The number of nitrogen functional groups attached to an aromatic ring is 1. The lowest BCUT2D eigenvalue weighted by Crippen LogP contribution is -2.52. The second kappa shape index (κ2) is 11.8. The van der Waals surface area contributed by atoms with Gasteiger partial charge in [0.2, 0.25) is 11.8 Å². The van der Waals surface area contributed by atoms with Crippen molar-refractivity contribution in [1.82, 2.24) is 24.6 Å². The number of imidazole rings is 1. The van der Waals surface area contributed by atoms with E-state index < -0.39 is 37.8 Å². The van der Waals surface area contributed by atoms with Gasteiger partial charge in [0, 0.05) is 6.54 Å². The highest BCUT2D eigenvalue weighted by Gasteiger charge is 2.52. The summed E-state index contributed by atoms with van der Waals surface area (Å²) in [5.41, 5.74) is 13.5. The van der Waals surface area contributed by atoms with Crippen LogP contribution in [0.4, 0.5) is 5.95 Å². The number of fused-ring (bicyclic) bond motifs is 1. The van der Waals surface area contributed by atoms with Gasteiger partial charge in [-0.1, -0.05) is 60.7 Å². The third-order valence-corrected chi connectivity index (χ3v) is 8.60. The number of aromatic nitrogens is 4. The van der Waals surface area contributed by atoms with Crippen molar-refractivity contribution in [2.75, 3.05) is 19.5 Å². The van der Waals surface area contributed by atoms with E-state index in [1.807, 2.05) is 60.7 Å². The second-order valence-electron chi connectivity index (χ2n) is 10.0. The van der Waals surface area contributed by atoms with Crippen LogP contribution in [0.2, 0.25) is 0 Å². The molecular formula is C27H34N7O6P. The van der Waals surface area contributed by atoms with Crippen molar-refractivity contribution in [2.24, 2.45) is 5.73 Å². The fourth-order valence-electron chi connectivity index (χ4n) is 4.71. The average molecular weight is 584 g/mol. The van der Waals surface area contributed by atoms with Crippen LogP contribution >= 0.6 is 7.75 Å². The minimum Gasteiger partial charge on any atom is -0.479 e. The molecule has 3 heterocycles. The maximum absolute atomic E-state index is 14.0. The zero-order valence-corrected chi connectivity index (χ0v) is 23.8. The fourth-order valence-corrected chi connectivity index (χ4v) is 6.20. The second-order valence-corrected chi connectivity index (χ2v) is 11.8. The molecule has 0 spiro atoms. The Balaban J connectivity index is 1.36. The number of rotatable bonds is 11. The van der Waals surface area contributed by atoms with Crippen molar-refractivity contribution in [2.45, 2.75) is 50.5 Å². The Morgan fingerprint density at radius 3 is 2.54 bits per heavy atom. The summed E-state index contributed by atoms with van der Waals surface area (Å²) in [7, 11) is -2.47. The third kappa shape index (κ3) is 6.11. The predicted molar refractivity (Wildman–Crippen MR) is 152 cm³/mol. The number of hydrogen-bond donors (Lipinski definition) is 4. The first-order valence-electron chi connectivity index (χ1n) is 13.0. The summed E-state index contributed by atoms with van der Waals surface area (Å²) in [6.45, 7) is 3.37. The van der Waals surface area contributed by atoms with Crippen molar-refractivity contribution in [3.8, 4) is 5.88 Å². The molecule has 6 atom stereocenters. The minimum atomic E-state index is -3.92. The highest BCUT2D eigenvalue weighted by Crippen LogP contribution is 2.50. The van der Waals surface area contributed by atoms with Crippen LogP contribution < -0.4 is 21.3 Å². The molecule has 41 heavy (non-hydrogen) atoms. The topological polar surface area (TPSA) is 182 Å². The molecule has 14 heteroatoms. The Hall–Kier alpha value is -3.42. The van der Waals surface area contributed by atoms with E-state index in [-0.39, 0.29) is 25.0 Å². The maximum atomic E-state index is 14.0. The lowest BCUT2D eigenvalue weighted by Gasteiger charge is -2.28. The Morgan fingerprint density at radius 2 is 1.85 bits per heavy atom. The number of hydrogen-bond acceptors (Lipinski definition) is 11. The molecule has 6 N–H and O–H groups in total. The molecule has 0 bridgehead atoms. The quantitative estimate of drug-likeness (QED) is 0.190. The molecule has 218 valence electrons. The summed E-state index contributed by atoms with van der Waals surface area (Å²) in [6.07, 6.45) is -2.18. The van der Waals surface area contributed by atoms with Gasteiger partial charge in [-0.05, 0) is 25.0 Å². The molecule has 2 aromatic carbocycles. The van der Waals surface area contributed by atoms with Crippen molar-refractivity contribution in [3.05, 3.63) is 78.1 Å². The zero-order valence-electron chi connectivity index (χ0n) is 23.0. The first kappa shape index (κ1) is 29.1. The number of aliphatic hydroxyl groups is 1. The number of benzene rings is 2. The van der Waals surface area contributed by atoms with Crippen LogP contribution in [0, 0.1) is 0 Å². The van der Waals surface area contributed by atoms with Crippen LogP contribution in [0.25, 0.3) is 11.2 Å². The van der Waals surface area contributed by atoms with E-state index in [0.29, 0.717) is 11.2 Å². The van der Waals surface area contributed by atoms with Gasteiger partial charge in [-0.3, -0.25) is 13.6 Å². The standard InChI is InChI=1S/C27H34N7O6P/c1-17(19-12-8-5-9-13-19)40-41(36,31-14-18-10-6-4-7-11-18)38-15-20-22(35)27(2,29)25(39-20)34-16-30-21-23(34)32-26(28)33-24(21)37-3/h4-13,16-17,20,22,25,35H,14-15,29H2,1-3H3,(H,31,36)(H2,28,32,33)/t17-,20+,22+,25+,27?,41?/m0/s1. The van der Waals surface area contributed by atoms with E-state index in [0.717, 1.165) is 11.1 Å². The molecule has 13 nitrogen and oxygen atoms in total. The van der Waals surface area contributed by atoms with Crippen LogP contribution in [-0.2, 0) is 24.9 Å². The van der Waals surface area contributed by atoms with Crippen molar-refractivity contribution < 1.29 is 28.2 Å². The minimum absolute atomic E-state index is 0.0247. The van der Waals surface area contributed by atoms with Crippen molar-refractivity contribution >= 4 is 24.9 Å². The lowest BCUT2D eigenvalue weighted by atomic mass is 9.93. The molecule has 2 aromatic heterocycles. The number of nitrogens with two attached hydrogens (primary N) is 2. The van der Waals surface area contributed by atoms with Crippen molar-refractivity contribution in [1.29, 1.82) is 0 Å². The van der Waals surface area contributed by atoms with Crippen LogP contribution in [0.15, 0.2) is 67.0 Å². The Morgan fingerprint density at radius 1 is 1.17 bits per heavy atom. The number of nitrogens with zero attached hydrogens (tertiary/aromatic N) is 4. The molecule has 1 saturated heterocycles. The van der Waals surface area contributed by atoms with E-state index >= 15 is 0 Å². The van der Waals surface area contributed by atoms with Crippen molar-refractivity contribution in [3.63, 3.8) is 0 Å². The molecule has 0 amide bonds. The Labute approximate surface area is 237 Å². The van der Waals surface area contributed by atoms with Gasteiger partial charge in [0.1, 0.15) is 12.2 Å². The van der Waals surface area contributed by atoms with E-state index in [1.165, 1.54) is 13.4 Å². The van der Waals surface area contributed by atoms with Crippen LogP contribution in [0.5, 0.6) is 5.88 Å². The molecule has 5 rings (SSSR count). The monoisotopic (exact) mass is 583 g/mol. The van der Waals surface area contributed by atoms with Crippen LogP contribution in [-0.4, -0.2) is 56.1 Å². The summed E-state index contributed by atoms with van der Waals surface area (Å²) in [5, 5.41) is 14.1. The molecular weight excluding hydrogens is 549 g/mol. The first-order chi connectivity index (χ1) is 19.6. The van der Waals surface area contributed by atoms with Gasteiger partial charge in [0.25, 0.3) is 0 Å². The molecule has 1 aliphatic rings. The fraction of sp³-hybridized carbons (Fsp3) is 0.370. The number of nitrogens with one attached hydrogen (secondary N) is 1. The summed E-state index contributed by atoms with van der Waals surface area (Å²) in [4.78, 5) is 12.6. The highest BCUT2D eigenvalue weighted by molar-refractivity contribution is 7.51. The smallest absolute Gasteiger partial charge is 0.406 e. The third-order valence-electron chi connectivity index (χ3n) is 6.97. The average Bonchev–Trinajstić information content (AvgIpc) is 3.48. The summed E-state index contributed by atoms with van der Waals surface area (Å²) in [6, 6.07) is 18.8. The highest BCUT2D eigenvalue weighted by atomic mass is 31.2. The largest absolute Gasteiger partial charge is 0.479 e. The summed E-state index contributed by atoms with van der Waals surface area (Å²) >= 11 is 0. The Kier molecular flexibility index (Phi) is 8.39. The van der Waals surface area contributed by atoms with Gasteiger partial charge >= 0.3 is 7.75 Å². The van der Waals surface area contributed by atoms with Crippen LogP contribution in [0.1, 0.15) is 37.3 Å². The van der Waals surface area contributed by atoms with E-state index in [4.69, 9.17) is 30.0 Å². The molecule has 1 fully saturated rings. The number of methoxy groups -OCH3 is 1. The normalized spacial score (nSPS) is 24.8. The van der Waals surface area contributed by atoms with Crippen LogP contribution in [0.3, 0.4) is 0 Å². The van der Waals surface area contributed by atoms with Gasteiger partial charge in [-0.25, -0.2) is 14.6 Å². The van der Waals surface area contributed by atoms with E-state index in [2.05, 4.69) is 20.0 Å². The van der Waals surface area contributed by atoms with Gasteiger partial charge in [-0.2, -0.15) is 9.97 Å². The zero-order chi connectivity index (χ0) is 29.2. The maximum Gasteiger partial charge on any atom is 0.406 e. The van der Waals surface area contributed by atoms with E-state index in [1.54, 1.807) is 18.4 Å². The molecule has 1 aliphatic heterocycles. The van der Waals surface area contributed by atoms with Gasteiger partial charge < -0.3 is 26.0 Å². The first-order valence-corrected chi connectivity index (χ1v) is 14.6. The Bertz CT molecular complexity index is 1520. The number of aliphatic hydroxyl groups excluding tert-OH is 1. The summed E-state index contributed by atoms with van der Waals surface area (Å²) in [5.74, 6) is 0.168. The van der Waals surface area contributed by atoms with Gasteiger partial charge in [0.15, 0.2) is 17.4 Å². The SMILES string of the molecule is COc1nc(N)nc2c1ncn2[C@@H]1O[C@H](COP(=O)(NCc2ccccc2)O[C@@H](C)c2ccccc2)[C@@H](O)C1(C)N. The predicted octanol–water partition coefficient (Wildman–Crippen LogP) is 3.09. The summed E-state index contributed by atoms with van der Waals surface area (Å²) < 4.78 is 38.9. The molecule has 2 unspecified atom stereocenters. The number of anilines is 1. The van der Waals surface area contributed by atoms with Gasteiger partial charge in [-0.15, -0.1) is 0 Å². The van der Waals surface area contributed by atoms with Gasteiger partial charge in [0.05, 0.1) is 31.7 Å². The number of ether oxygens (including phenoxy) is 2. The molecule has 0 radical (unpaired) electrons. The molecule has 0 aliphatic carbocycles. The van der Waals surface area contributed by atoms with E-state index in [9.17, 15) is 9.67 Å². The lowest BCUT2D eigenvalue weighted by molar-refractivity contribution is -0.0444. The molecule has 0 saturated carbocycles.